The average molecular weight is 298 g/mol. The van der Waals surface area contributed by atoms with Crippen molar-refractivity contribution in [3.63, 3.8) is 0 Å². The van der Waals surface area contributed by atoms with Gasteiger partial charge in [-0.05, 0) is 31.1 Å². The van der Waals surface area contributed by atoms with Crippen molar-refractivity contribution < 1.29 is 4.42 Å². The molecule has 6 heteroatoms. The quantitative estimate of drug-likeness (QED) is 0.769. The third-order valence-corrected chi connectivity index (χ3v) is 4.76. The molecule has 2 N–H and O–H groups in total. The molecule has 2 rings (SSSR count). The van der Waals surface area contributed by atoms with Crippen LogP contribution in [-0.4, -0.2) is 33.8 Å². The number of hydrogen-bond acceptors (Lipinski definition) is 6. The summed E-state index contributed by atoms with van der Waals surface area (Å²) in [6.07, 6.45) is 3.76. The summed E-state index contributed by atoms with van der Waals surface area (Å²) >= 11 is 2.03. The average Bonchev–Trinajstić information content (AvgIpc) is 3.01. The van der Waals surface area contributed by atoms with Gasteiger partial charge in [-0.15, -0.1) is 5.10 Å². The number of anilines is 1. The van der Waals surface area contributed by atoms with E-state index < -0.39 is 0 Å². The van der Waals surface area contributed by atoms with E-state index in [-0.39, 0.29) is 0 Å². The van der Waals surface area contributed by atoms with Gasteiger partial charge in [-0.1, -0.05) is 32.3 Å². The molecule has 0 spiro atoms. The van der Waals surface area contributed by atoms with Crippen LogP contribution >= 0.6 is 11.8 Å². The molecular formula is C14H26N4OS. The molecule has 1 aromatic rings. The summed E-state index contributed by atoms with van der Waals surface area (Å²) in [6, 6.07) is 1.04. The van der Waals surface area contributed by atoms with E-state index in [9.17, 15) is 0 Å². The molecule has 5 nitrogen and oxygen atoms in total. The third-order valence-electron chi connectivity index (χ3n) is 3.44. The van der Waals surface area contributed by atoms with Gasteiger partial charge in [0.1, 0.15) is 0 Å². The predicted octanol–water partition coefficient (Wildman–Crippen LogP) is 2.90. The SMILES string of the molecule is CCSC1CCCC1Nc1nnc(CNCC(C)C)o1. The lowest BCUT2D eigenvalue weighted by Gasteiger charge is -2.18. The second-order valence-corrected chi connectivity index (χ2v) is 7.22. The van der Waals surface area contributed by atoms with Crippen molar-refractivity contribution in [3.8, 4) is 0 Å². The zero-order valence-electron chi connectivity index (χ0n) is 12.7. The first-order valence-corrected chi connectivity index (χ1v) is 8.65. The third kappa shape index (κ3) is 4.66. The van der Waals surface area contributed by atoms with E-state index in [0.29, 0.717) is 35.7 Å². The predicted molar refractivity (Wildman–Crippen MR) is 84.0 cm³/mol. The first kappa shape index (κ1) is 15.6. The molecule has 1 aliphatic rings. The standard InChI is InChI=1S/C14H26N4OS/c1-4-20-12-7-5-6-11(12)16-14-18-17-13(19-14)9-15-8-10(2)3/h10-12,15H,4-9H2,1-3H3,(H,16,18). The van der Waals surface area contributed by atoms with Crippen LogP contribution in [-0.2, 0) is 6.54 Å². The first-order valence-electron chi connectivity index (χ1n) is 7.60. The van der Waals surface area contributed by atoms with Crippen LogP contribution in [0.25, 0.3) is 0 Å². The van der Waals surface area contributed by atoms with Crippen molar-refractivity contribution in [2.75, 3.05) is 17.6 Å². The minimum atomic E-state index is 0.469. The Bertz CT molecular complexity index is 396. The molecule has 2 atom stereocenters. The van der Waals surface area contributed by atoms with Crippen LogP contribution in [0.4, 0.5) is 6.01 Å². The van der Waals surface area contributed by atoms with E-state index >= 15 is 0 Å². The van der Waals surface area contributed by atoms with E-state index in [2.05, 4.69) is 41.6 Å². The maximum atomic E-state index is 5.65. The molecule has 1 saturated carbocycles. The summed E-state index contributed by atoms with van der Waals surface area (Å²) in [5, 5.41) is 15.6. The van der Waals surface area contributed by atoms with E-state index in [1.165, 1.54) is 19.3 Å². The fraction of sp³-hybridized carbons (Fsp3) is 0.857. The monoisotopic (exact) mass is 298 g/mol. The summed E-state index contributed by atoms with van der Waals surface area (Å²) in [7, 11) is 0. The zero-order chi connectivity index (χ0) is 14.4. The molecule has 0 aliphatic heterocycles. The van der Waals surface area contributed by atoms with Gasteiger partial charge in [0.15, 0.2) is 0 Å². The Hall–Kier alpha value is -0.750. The van der Waals surface area contributed by atoms with Crippen molar-refractivity contribution in [3.05, 3.63) is 5.89 Å². The summed E-state index contributed by atoms with van der Waals surface area (Å²) in [5.41, 5.74) is 0. The normalized spacial score (nSPS) is 22.6. The highest BCUT2D eigenvalue weighted by atomic mass is 32.2. The van der Waals surface area contributed by atoms with Crippen LogP contribution in [0.5, 0.6) is 0 Å². The number of aromatic nitrogens is 2. The van der Waals surface area contributed by atoms with Crippen LogP contribution in [0.3, 0.4) is 0 Å². The number of nitrogens with one attached hydrogen (secondary N) is 2. The van der Waals surface area contributed by atoms with Crippen LogP contribution in [0.15, 0.2) is 4.42 Å². The molecule has 0 amide bonds. The molecule has 1 aliphatic carbocycles. The molecule has 0 radical (unpaired) electrons. The van der Waals surface area contributed by atoms with Gasteiger partial charge in [-0.2, -0.15) is 11.8 Å². The van der Waals surface area contributed by atoms with Gasteiger partial charge in [0.25, 0.3) is 0 Å². The Morgan fingerprint density at radius 3 is 2.95 bits per heavy atom. The topological polar surface area (TPSA) is 63.0 Å². The summed E-state index contributed by atoms with van der Waals surface area (Å²) in [4.78, 5) is 0. The lowest BCUT2D eigenvalue weighted by molar-refractivity contribution is 0.456. The molecule has 0 saturated heterocycles. The van der Waals surface area contributed by atoms with E-state index in [0.717, 1.165) is 12.3 Å². The van der Waals surface area contributed by atoms with Crippen molar-refractivity contribution in [2.45, 2.75) is 57.9 Å². The lowest BCUT2D eigenvalue weighted by atomic mass is 10.2. The van der Waals surface area contributed by atoms with Crippen molar-refractivity contribution in [1.29, 1.82) is 0 Å². The molecular weight excluding hydrogens is 272 g/mol. The molecule has 0 aromatic carbocycles. The largest absolute Gasteiger partial charge is 0.407 e. The Morgan fingerprint density at radius 1 is 1.35 bits per heavy atom. The number of rotatable bonds is 8. The fourth-order valence-electron chi connectivity index (χ4n) is 2.51. The van der Waals surface area contributed by atoms with Gasteiger partial charge < -0.3 is 15.1 Å². The van der Waals surface area contributed by atoms with E-state index in [1.54, 1.807) is 0 Å². The molecule has 1 fully saturated rings. The zero-order valence-corrected chi connectivity index (χ0v) is 13.5. The Balaban J connectivity index is 1.80. The van der Waals surface area contributed by atoms with Crippen molar-refractivity contribution in [1.82, 2.24) is 15.5 Å². The second kappa shape index (κ2) is 7.88. The van der Waals surface area contributed by atoms with Gasteiger partial charge in [0.05, 0.1) is 6.54 Å². The van der Waals surface area contributed by atoms with Gasteiger partial charge in [0.2, 0.25) is 5.89 Å². The van der Waals surface area contributed by atoms with Gasteiger partial charge >= 0.3 is 6.01 Å². The van der Waals surface area contributed by atoms with Crippen molar-refractivity contribution >= 4 is 17.8 Å². The molecule has 20 heavy (non-hydrogen) atoms. The van der Waals surface area contributed by atoms with Crippen LogP contribution in [0, 0.1) is 5.92 Å². The van der Waals surface area contributed by atoms with Gasteiger partial charge in [-0.25, -0.2) is 0 Å². The molecule has 1 heterocycles. The number of hydrogen-bond donors (Lipinski definition) is 2. The minimum absolute atomic E-state index is 0.469. The van der Waals surface area contributed by atoms with Crippen LogP contribution in [0.1, 0.15) is 45.9 Å². The maximum absolute atomic E-state index is 5.65. The van der Waals surface area contributed by atoms with Crippen molar-refractivity contribution in [2.24, 2.45) is 5.92 Å². The fourth-order valence-corrected chi connectivity index (χ4v) is 3.71. The molecule has 2 unspecified atom stereocenters. The highest BCUT2D eigenvalue weighted by Crippen LogP contribution is 2.31. The molecule has 1 aromatic heterocycles. The van der Waals surface area contributed by atoms with E-state index in [4.69, 9.17) is 4.42 Å². The summed E-state index contributed by atoms with van der Waals surface area (Å²) in [5.74, 6) is 2.45. The van der Waals surface area contributed by atoms with Crippen LogP contribution < -0.4 is 10.6 Å². The first-order chi connectivity index (χ1) is 9.69. The van der Waals surface area contributed by atoms with Gasteiger partial charge in [-0.3, -0.25) is 0 Å². The second-order valence-electron chi connectivity index (χ2n) is 5.70. The smallest absolute Gasteiger partial charge is 0.315 e. The van der Waals surface area contributed by atoms with Gasteiger partial charge in [0, 0.05) is 11.3 Å². The molecule has 0 bridgehead atoms. The number of thioether (sulfide) groups is 1. The highest BCUT2D eigenvalue weighted by Gasteiger charge is 2.28. The highest BCUT2D eigenvalue weighted by molar-refractivity contribution is 7.99. The maximum Gasteiger partial charge on any atom is 0.315 e. The Labute approximate surface area is 125 Å². The number of nitrogens with zero attached hydrogens (tertiary/aromatic N) is 2. The lowest BCUT2D eigenvalue weighted by Crippen LogP contribution is -2.26. The summed E-state index contributed by atoms with van der Waals surface area (Å²) < 4.78 is 5.65. The molecule has 114 valence electrons. The minimum Gasteiger partial charge on any atom is -0.407 e. The van der Waals surface area contributed by atoms with E-state index in [1.807, 2.05) is 11.8 Å². The Kier molecular flexibility index (Phi) is 6.16. The summed E-state index contributed by atoms with van der Waals surface area (Å²) in [6.45, 7) is 8.18. The van der Waals surface area contributed by atoms with Crippen LogP contribution in [0.2, 0.25) is 0 Å². The Morgan fingerprint density at radius 2 is 2.20 bits per heavy atom.